The van der Waals surface area contributed by atoms with Gasteiger partial charge in [-0.05, 0) is 89.3 Å². The standard InChI is InChI=1S/C32H52O5/c1-17(2)20-14-22(35)26-29(20,6)12-13-31(8)25-19(10-11-32(26,31)9)30(7)16-23(37-18(3)33)27(36)28(4,5)24(30)15-21(25)34/h10,17,20-27,34-36H,11-16H2,1-9H3. The molecule has 0 radical (unpaired) electrons. The molecule has 0 aromatic heterocycles. The summed E-state index contributed by atoms with van der Waals surface area (Å²) in [4.78, 5) is 12.0. The van der Waals surface area contributed by atoms with E-state index in [0.717, 1.165) is 25.7 Å². The van der Waals surface area contributed by atoms with Gasteiger partial charge >= 0.3 is 5.97 Å². The van der Waals surface area contributed by atoms with Crippen molar-refractivity contribution in [1.82, 2.24) is 0 Å². The molecule has 12 atom stereocenters. The molecule has 4 fully saturated rings. The Morgan fingerprint density at radius 3 is 2.22 bits per heavy atom. The average Bonchev–Trinajstić information content (AvgIpc) is 3.06. The Morgan fingerprint density at radius 2 is 1.62 bits per heavy atom. The van der Waals surface area contributed by atoms with Gasteiger partial charge in [-0.15, -0.1) is 0 Å². The minimum absolute atomic E-state index is 0.00590. The zero-order valence-electron chi connectivity index (χ0n) is 24.7. The lowest BCUT2D eigenvalue weighted by molar-refractivity contribution is -0.220. The van der Waals surface area contributed by atoms with E-state index >= 15 is 0 Å². The molecule has 37 heavy (non-hydrogen) atoms. The van der Waals surface area contributed by atoms with E-state index in [1.807, 2.05) is 0 Å². The maximum atomic E-state index is 12.0. The zero-order chi connectivity index (χ0) is 27.5. The molecule has 0 bridgehead atoms. The van der Waals surface area contributed by atoms with Gasteiger partial charge in [0.25, 0.3) is 0 Å². The molecule has 5 nitrogen and oxygen atoms in total. The predicted molar refractivity (Wildman–Crippen MR) is 144 cm³/mol. The van der Waals surface area contributed by atoms with Crippen LogP contribution in [0.25, 0.3) is 0 Å². The SMILES string of the molecule is CC(=O)OC1CC2(C)C3=CCC4(C)C5C(O)CC(C(C)C)C5(C)CCC4(C)C3C(O)CC2C(C)(C)C1O. The van der Waals surface area contributed by atoms with E-state index in [-0.39, 0.29) is 51.5 Å². The molecular weight excluding hydrogens is 464 g/mol. The van der Waals surface area contributed by atoms with Crippen LogP contribution in [0.15, 0.2) is 11.6 Å². The normalized spacial score (nSPS) is 54.5. The van der Waals surface area contributed by atoms with Crippen LogP contribution in [0.2, 0.25) is 0 Å². The first kappa shape index (κ1) is 27.6. The fraction of sp³-hybridized carbons (Fsp3) is 0.906. The van der Waals surface area contributed by atoms with Crippen molar-refractivity contribution in [1.29, 1.82) is 0 Å². The number of carbonyl (C=O) groups excluding carboxylic acids is 1. The highest BCUT2D eigenvalue weighted by atomic mass is 16.6. The highest BCUT2D eigenvalue weighted by Crippen LogP contribution is 2.76. The van der Waals surface area contributed by atoms with Gasteiger partial charge in [0.1, 0.15) is 6.10 Å². The maximum absolute atomic E-state index is 12.0. The molecule has 12 unspecified atom stereocenters. The Labute approximate surface area is 224 Å². The van der Waals surface area contributed by atoms with Crippen LogP contribution in [0.3, 0.4) is 0 Å². The number of ether oxygens (including phenoxy) is 1. The van der Waals surface area contributed by atoms with Gasteiger partial charge < -0.3 is 20.1 Å². The Bertz CT molecular complexity index is 986. The number of carbonyl (C=O) groups is 1. The molecule has 0 aliphatic heterocycles. The summed E-state index contributed by atoms with van der Waals surface area (Å²) in [7, 11) is 0. The van der Waals surface area contributed by atoms with Crippen LogP contribution < -0.4 is 0 Å². The van der Waals surface area contributed by atoms with Crippen LogP contribution in [0.5, 0.6) is 0 Å². The first-order valence-corrected chi connectivity index (χ1v) is 14.9. The molecule has 4 saturated carbocycles. The predicted octanol–water partition coefficient (Wildman–Crippen LogP) is 5.51. The van der Waals surface area contributed by atoms with E-state index in [9.17, 15) is 20.1 Å². The van der Waals surface area contributed by atoms with Gasteiger partial charge in [0.2, 0.25) is 0 Å². The van der Waals surface area contributed by atoms with Crippen LogP contribution in [-0.2, 0) is 9.53 Å². The van der Waals surface area contributed by atoms with E-state index in [2.05, 4.69) is 61.5 Å². The fourth-order valence-corrected chi connectivity index (χ4v) is 11.7. The minimum atomic E-state index is -0.764. The summed E-state index contributed by atoms with van der Waals surface area (Å²) in [5, 5.41) is 34.8. The number of rotatable bonds is 2. The van der Waals surface area contributed by atoms with Crippen molar-refractivity contribution >= 4 is 5.97 Å². The Morgan fingerprint density at radius 1 is 0.973 bits per heavy atom. The van der Waals surface area contributed by atoms with Crippen molar-refractivity contribution in [3.8, 4) is 0 Å². The number of aliphatic hydroxyl groups is 3. The Hall–Kier alpha value is -0.910. The molecule has 5 aliphatic carbocycles. The summed E-state index contributed by atoms with van der Waals surface area (Å²) in [5.74, 6) is 1.01. The molecule has 0 aromatic rings. The number of fused-ring (bicyclic) bond motifs is 7. The van der Waals surface area contributed by atoms with Crippen LogP contribution in [0.4, 0.5) is 0 Å². The van der Waals surface area contributed by atoms with E-state index in [1.165, 1.54) is 12.5 Å². The van der Waals surface area contributed by atoms with Crippen LogP contribution in [-0.4, -0.2) is 45.7 Å². The molecule has 0 amide bonds. The lowest BCUT2D eigenvalue weighted by Gasteiger charge is -2.70. The van der Waals surface area contributed by atoms with Gasteiger partial charge in [-0.3, -0.25) is 4.79 Å². The third kappa shape index (κ3) is 3.41. The monoisotopic (exact) mass is 516 g/mol. The molecule has 3 N–H and O–H groups in total. The first-order valence-electron chi connectivity index (χ1n) is 14.9. The summed E-state index contributed by atoms with van der Waals surface area (Å²) in [5.41, 5.74) is 0.394. The summed E-state index contributed by atoms with van der Waals surface area (Å²) in [6.07, 6.45) is 5.44. The Balaban J connectivity index is 1.61. The molecule has 0 spiro atoms. The molecule has 5 heteroatoms. The third-order valence-electron chi connectivity index (χ3n) is 13.4. The van der Waals surface area contributed by atoms with E-state index in [4.69, 9.17) is 4.74 Å². The number of aliphatic hydroxyl groups excluding tert-OH is 3. The smallest absolute Gasteiger partial charge is 0.302 e. The third-order valence-corrected chi connectivity index (χ3v) is 13.4. The highest BCUT2D eigenvalue weighted by molar-refractivity contribution is 5.66. The van der Waals surface area contributed by atoms with Gasteiger partial charge in [0.05, 0.1) is 18.3 Å². The molecule has 5 aliphatic rings. The van der Waals surface area contributed by atoms with Gasteiger partial charge in [-0.25, -0.2) is 0 Å². The number of hydrogen-bond donors (Lipinski definition) is 3. The van der Waals surface area contributed by atoms with Gasteiger partial charge in [-0.1, -0.05) is 67.0 Å². The van der Waals surface area contributed by atoms with E-state index in [1.54, 1.807) is 0 Å². The molecule has 0 heterocycles. The van der Waals surface area contributed by atoms with Crippen molar-refractivity contribution in [3.05, 3.63) is 11.6 Å². The average molecular weight is 517 g/mol. The summed E-state index contributed by atoms with van der Waals surface area (Å²) in [6.45, 7) is 19.7. The quantitative estimate of drug-likeness (QED) is 0.333. The first-order chi connectivity index (χ1) is 16.9. The van der Waals surface area contributed by atoms with E-state index in [0.29, 0.717) is 24.7 Å². The molecule has 0 saturated heterocycles. The minimum Gasteiger partial charge on any atom is -0.460 e. The van der Waals surface area contributed by atoms with Crippen molar-refractivity contribution in [2.75, 3.05) is 0 Å². The summed E-state index contributed by atoms with van der Waals surface area (Å²) in [6, 6.07) is 0. The van der Waals surface area contributed by atoms with Crippen molar-refractivity contribution in [2.45, 2.75) is 125 Å². The zero-order valence-corrected chi connectivity index (χ0v) is 24.7. The second-order valence-corrected chi connectivity index (χ2v) is 15.7. The number of allylic oxidation sites excluding steroid dienone is 1. The van der Waals surface area contributed by atoms with Crippen LogP contribution in [0, 0.1) is 56.7 Å². The lowest BCUT2D eigenvalue weighted by Crippen LogP contribution is -2.67. The van der Waals surface area contributed by atoms with E-state index < -0.39 is 23.7 Å². The van der Waals surface area contributed by atoms with Crippen molar-refractivity contribution in [2.24, 2.45) is 56.7 Å². The van der Waals surface area contributed by atoms with Gasteiger partial charge in [0, 0.05) is 12.8 Å². The molecular formula is C32H52O5. The summed E-state index contributed by atoms with van der Waals surface area (Å²) >= 11 is 0. The fourth-order valence-electron chi connectivity index (χ4n) is 11.7. The lowest BCUT2D eigenvalue weighted by atomic mass is 9.35. The number of hydrogen-bond acceptors (Lipinski definition) is 5. The second kappa shape index (κ2) is 8.30. The topological polar surface area (TPSA) is 87.0 Å². The van der Waals surface area contributed by atoms with Crippen molar-refractivity contribution < 1.29 is 24.9 Å². The molecule has 0 aromatic carbocycles. The Kier molecular flexibility index (Phi) is 6.20. The highest BCUT2D eigenvalue weighted by Gasteiger charge is 2.72. The van der Waals surface area contributed by atoms with Gasteiger partial charge in [0.15, 0.2) is 0 Å². The van der Waals surface area contributed by atoms with Crippen LogP contribution in [0.1, 0.15) is 101 Å². The maximum Gasteiger partial charge on any atom is 0.302 e. The molecule has 5 rings (SSSR count). The molecule has 210 valence electrons. The summed E-state index contributed by atoms with van der Waals surface area (Å²) < 4.78 is 5.72. The second-order valence-electron chi connectivity index (χ2n) is 15.7. The van der Waals surface area contributed by atoms with Crippen molar-refractivity contribution in [3.63, 3.8) is 0 Å². The van der Waals surface area contributed by atoms with Gasteiger partial charge in [-0.2, -0.15) is 0 Å². The number of esters is 1. The largest absolute Gasteiger partial charge is 0.460 e. The van der Waals surface area contributed by atoms with Crippen LogP contribution >= 0.6 is 0 Å².